The van der Waals surface area contributed by atoms with Crippen molar-refractivity contribution in [3.8, 4) is 0 Å². The second-order valence-corrected chi connectivity index (χ2v) is 8.84. The fraction of sp³-hybridized carbons (Fsp3) is 0.600. The van der Waals surface area contributed by atoms with Gasteiger partial charge in [0.05, 0.1) is 32.9 Å². The third kappa shape index (κ3) is 5.48. The number of carbonyl (C=O) groups excluding carboxylic acids is 2. The van der Waals surface area contributed by atoms with Gasteiger partial charge < -0.3 is 15.1 Å². The SMILES string of the molecule is Cc1cccc([C@@H]2SCC(=O)N2[C@@H](CC(C)C)C(=O)NCC[NH+](C)C)c1. The summed E-state index contributed by atoms with van der Waals surface area (Å²) in [5, 5.41) is 2.95. The molecule has 1 aliphatic heterocycles. The smallest absolute Gasteiger partial charge is 0.243 e. The molecule has 2 rings (SSSR count). The van der Waals surface area contributed by atoms with Crippen molar-refractivity contribution in [2.24, 2.45) is 5.92 Å². The fourth-order valence-electron chi connectivity index (χ4n) is 3.20. The number of nitrogens with zero attached hydrogens (tertiary/aromatic N) is 1. The van der Waals surface area contributed by atoms with Gasteiger partial charge in [0, 0.05) is 0 Å². The Labute approximate surface area is 161 Å². The van der Waals surface area contributed by atoms with E-state index >= 15 is 0 Å². The molecule has 0 aromatic heterocycles. The number of carbonyl (C=O) groups is 2. The molecule has 144 valence electrons. The third-order valence-electron chi connectivity index (χ3n) is 4.49. The highest BCUT2D eigenvalue weighted by molar-refractivity contribution is 8.00. The van der Waals surface area contributed by atoms with Crippen LogP contribution in [0.25, 0.3) is 0 Å². The lowest BCUT2D eigenvalue weighted by Gasteiger charge is -2.33. The minimum absolute atomic E-state index is 0.0338. The summed E-state index contributed by atoms with van der Waals surface area (Å²) in [6.45, 7) is 7.74. The molecule has 5 nitrogen and oxygen atoms in total. The summed E-state index contributed by atoms with van der Waals surface area (Å²) in [6.07, 6.45) is 0.676. The average Bonchev–Trinajstić information content (AvgIpc) is 2.93. The Bertz CT molecular complexity index is 633. The van der Waals surface area contributed by atoms with E-state index in [1.807, 2.05) is 11.0 Å². The highest BCUT2D eigenvalue weighted by atomic mass is 32.2. The van der Waals surface area contributed by atoms with E-state index in [0.717, 1.165) is 12.1 Å². The number of hydrogen-bond donors (Lipinski definition) is 2. The van der Waals surface area contributed by atoms with Gasteiger partial charge in [0.15, 0.2) is 0 Å². The second kappa shape index (κ2) is 9.42. The maximum atomic E-state index is 12.9. The summed E-state index contributed by atoms with van der Waals surface area (Å²) in [6, 6.07) is 7.82. The van der Waals surface area contributed by atoms with Crippen LogP contribution < -0.4 is 10.2 Å². The summed E-state index contributed by atoms with van der Waals surface area (Å²) < 4.78 is 0. The molecule has 1 saturated heterocycles. The number of amides is 2. The monoisotopic (exact) mass is 378 g/mol. The first kappa shape index (κ1) is 20.8. The fourth-order valence-corrected chi connectivity index (χ4v) is 4.41. The molecule has 1 heterocycles. The Morgan fingerprint density at radius 2 is 2.12 bits per heavy atom. The van der Waals surface area contributed by atoms with Crippen molar-refractivity contribution >= 4 is 23.6 Å². The number of hydrogen-bond acceptors (Lipinski definition) is 3. The Morgan fingerprint density at radius 1 is 1.38 bits per heavy atom. The van der Waals surface area contributed by atoms with E-state index in [1.165, 1.54) is 10.5 Å². The van der Waals surface area contributed by atoms with Gasteiger partial charge in [-0.3, -0.25) is 9.59 Å². The van der Waals surface area contributed by atoms with Gasteiger partial charge >= 0.3 is 0 Å². The predicted octanol–water partition coefficient (Wildman–Crippen LogP) is 1.24. The maximum absolute atomic E-state index is 12.9. The summed E-state index contributed by atoms with van der Waals surface area (Å²) in [4.78, 5) is 28.7. The van der Waals surface area contributed by atoms with Gasteiger partial charge in [-0.05, 0) is 24.8 Å². The lowest BCUT2D eigenvalue weighted by molar-refractivity contribution is -0.856. The van der Waals surface area contributed by atoms with Crippen LogP contribution >= 0.6 is 11.8 Å². The largest absolute Gasteiger partial charge is 0.349 e. The number of likely N-dealkylation sites (N-methyl/N-ethyl adjacent to an activating group) is 1. The minimum atomic E-state index is -0.417. The minimum Gasteiger partial charge on any atom is -0.349 e. The summed E-state index contributed by atoms with van der Waals surface area (Å²) >= 11 is 1.61. The molecule has 1 aromatic carbocycles. The molecule has 0 radical (unpaired) electrons. The molecule has 26 heavy (non-hydrogen) atoms. The molecule has 2 amide bonds. The van der Waals surface area contributed by atoms with E-state index in [9.17, 15) is 9.59 Å². The van der Waals surface area contributed by atoms with E-state index in [1.54, 1.807) is 11.8 Å². The molecule has 0 saturated carbocycles. The molecule has 6 heteroatoms. The third-order valence-corrected chi connectivity index (χ3v) is 5.72. The molecule has 0 aliphatic carbocycles. The number of thioether (sulfide) groups is 1. The van der Waals surface area contributed by atoms with Crippen LogP contribution in [0.4, 0.5) is 0 Å². The van der Waals surface area contributed by atoms with Crippen LogP contribution in [0.15, 0.2) is 24.3 Å². The van der Waals surface area contributed by atoms with E-state index < -0.39 is 6.04 Å². The van der Waals surface area contributed by atoms with Gasteiger partial charge in [-0.1, -0.05) is 43.7 Å². The van der Waals surface area contributed by atoms with E-state index in [4.69, 9.17) is 0 Å². The normalized spacial score (nSPS) is 18.7. The predicted molar refractivity (Wildman–Crippen MR) is 107 cm³/mol. The quantitative estimate of drug-likeness (QED) is 0.716. The summed E-state index contributed by atoms with van der Waals surface area (Å²) in [5.74, 6) is 0.790. The zero-order chi connectivity index (χ0) is 19.3. The van der Waals surface area contributed by atoms with Crippen LogP contribution in [0.3, 0.4) is 0 Å². The van der Waals surface area contributed by atoms with Crippen LogP contribution in [-0.2, 0) is 9.59 Å². The van der Waals surface area contributed by atoms with Gasteiger partial charge in [0.1, 0.15) is 11.4 Å². The first-order chi connectivity index (χ1) is 12.3. The van der Waals surface area contributed by atoms with Crippen molar-refractivity contribution in [3.63, 3.8) is 0 Å². The number of nitrogens with one attached hydrogen (secondary N) is 2. The molecule has 2 atom stereocenters. The topological polar surface area (TPSA) is 53.9 Å². The number of aryl methyl sites for hydroxylation is 1. The summed E-state index contributed by atoms with van der Waals surface area (Å²) in [7, 11) is 4.12. The molecular formula is C20H32N3O2S+. The molecule has 2 N–H and O–H groups in total. The van der Waals surface area contributed by atoms with Crippen LogP contribution in [0, 0.1) is 12.8 Å². The van der Waals surface area contributed by atoms with Crippen molar-refractivity contribution in [3.05, 3.63) is 35.4 Å². The zero-order valence-electron chi connectivity index (χ0n) is 16.5. The van der Waals surface area contributed by atoms with E-state index in [-0.39, 0.29) is 17.2 Å². The lowest BCUT2D eigenvalue weighted by atomic mass is 10.0. The Balaban J connectivity index is 2.22. The number of benzene rings is 1. The first-order valence-electron chi connectivity index (χ1n) is 9.35. The van der Waals surface area contributed by atoms with Crippen molar-refractivity contribution < 1.29 is 14.5 Å². The Kier molecular flexibility index (Phi) is 7.53. The molecule has 1 aliphatic rings. The molecule has 0 spiro atoms. The van der Waals surface area contributed by atoms with Crippen molar-refractivity contribution in [1.82, 2.24) is 10.2 Å². The molecular weight excluding hydrogens is 346 g/mol. The Hall–Kier alpha value is -1.53. The molecule has 0 bridgehead atoms. The molecule has 0 unspecified atom stereocenters. The average molecular weight is 379 g/mol. The second-order valence-electron chi connectivity index (χ2n) is 7.77. The zero-order valence-corrected chi connectivity index (χ0v) is 17.4. The van der Waals surface area contributed by atoms with Gasteiger partial charge in [-0.15, -0.1) is 11.8 Å². The molecule has 1 fully saturated rings. The van der Waals surface area contributed by atoms with Gasteiger partial charge in [-0.2, -0.15) is 0 Å². The van der Waals surface area contributed by atoms with Gasteiger partial charge in [0.25, 0.3) is 0 Å². The van der Waals surface area contributed by atoms with Crippen molar-refractivity contribution in [2.45, 2.75) is 38.6 Å². The number of rotatable bonds is 8. The lowest BCUT2D eigenvalue weighted by Crippen LogP contribution is -3.06. The maximum Gasteiger partial charge on any atom is 0.243 e. The number of quaternary nitrogens is 1. The van der Waals surface area contributed by atoms with Crippen LogP contribution in [0.1, 0.15) is 36.8 Å². The van der Waals surface area contributed by atoms with E-state index in [0.29, 0.717) is 24.6 Å². The van der Waals surface area contributed by atoms with Crippen LogP contribution in [-0.4, -0.2) is 55.7 Å². The highest BCUT2D eigenvalue weighted by Gasteiger charge is 2.41. The Morgan fingerprint density at radius 3 is 2.73 bits per heavy atom. The van der Waals surface area contributed by atoms with Crippen LogP contribution in [0.5, 0.6) is 0 Å². The van der Waals surface area contributed by atoms with Crippen molar-refractivity contribution in [2.75, 3.05) is 32.9 Å². The summed E-state index contributed by atoms with van der Waals surface area (Å²) in [5.41, 5.74) is 2.27. The van der Waals surface area contributed by atoms with Gasteiger partial charge in [0.2, 0.25) is 11.8 Å². The van der Waals surface area contributed by atoms with Crippen LogP contribution in [0.2, 0.25) is 0 Å². The first-order valence-corrected chi connectivity index (χ1v) is 10.4. The highest BCUT2D eigenvalue weighted by Crippen LogP contribution is 2.41. The molecule has 1 aromatic rings. The van der Waals surface area contributed by atoms with Gasteiger partial charge in [-0.25, -0.2) is 0 Å². The standard InChI is InChI=1S/C20H31N3O2S/c1-14(2)11-17(19(25)21-9-10-22(4)5)23-18(24)13-26-20(23)16-8-6-7-15(3)12-16/h6-8,12,14,17,20H,9-11,13H2,1-5H3,(H,21,25)/p+1/t17-,20-/m0/s1. The van der Waals surface area contributed by atoms with E-state index in [2.05, 4.69) is 58.4 Å². The van der Waals surface area contributed by atoms with Crippen molar-refractivity contribution in [1.29, 1.82) is 0 Å².